The molecule has 0 unspecified atom stereocenters. The van der Waals surface area contributed by atoms with Crippen molar-refractivity contribution in [2.45, 2.75) is 75.2 Å². The predicted molar refractivity (Wildman–Crippen MR) is 142 cm³/mol. The van der Waals surface area contributed by atoms with Crippen LogP contribution in [0.25, 0.3) is 10.9 Å². The fourth-order valence-electron chi connectivity index (χ4n) is 8.07. The molecule has 2 bridgehead atoms. The number of fused-ring (bicyclic) bond motifs is 4. The molecule has 2 aromatic carbocycles. The number of aliphatic hydroxyl groups is 1. The molecule has 0 amide bonds. The number of aliphatic imine (C=N–C) groups is 1. The number of aromatic hydroxyl groups is 1. The third-order valence-corrected chi connectivity index (χ3v) is 10.1. The number of amidine groups is 1. The molecule has 1 spiro atoms. The van der Waals surface area contributed by atoms with Crippen LogP contribution in [0, 0.1) is 5.92 Å². The van der Waals surface area contributed by atoms with Gasteiger partial charge in [0.25, 0.3) is 0 Å². The van der Waals surface area contributed by atoms with Crippen LogP contribution in [0.2, 0.25) is 0 Å². The normalized spacial score (nSPS) is 31.8. The van der Waals surface area contributed by atoms with Crippen LogP contribution in [-0.2, 0) is 24.8 Å². The average Bonchev–Trinajstić information content (AvgIpc) is 3.54. The SMILES string of the molecule is CCC(N)=NCc1ccc2[nH]c3c(c2c1)C[C@@]1(O)[C@H]2Cc4ccc(O)c5c4[C@@]1(CCN2CC1CC1)[C@H]3O5. The van der Waals surface area contributed by atoms with E-state index < -0.39 is 11.0 Å². The standard InChI is InChI=1S/C30H34N4O3/c1-2-24(31)32-14-17-5-7-21-19(11-17)20-13-30(36)23-12-18-6-8-22(35)27-25(18)29(30,28(37-27)26(20)33-21)9-10-34(23)15-16-3-4-16/h5-8,11,16,23,28,33,35-36H,2-4,9-10,12-15H2,1H3,(H2,31,32)/t23-,28+,29+,30-/m1/s1. The Morgan fingerprint density at radius 1 is 1.27 bits per heavy atom. The summed E-state index contributed by atoms with van der Waals surface area (Å²) in [5.74, 6) is 2.17. The van der Waals surface area contributed by atoms with Gasteiger partial charge in [-0.1, -0.05) is 19.1 Å². The molecule has 5 N–H and O–H groups in total. The van der Waals surface area contributed by atoms with E-state index >= 15 is 0 Å². The molecule has 7 heteroatoms. The Kier molecular flexibility index (Phi) is 4.34. The third-order valence-electron chi connectivity index (χ3n) is 10.1. The van der Waals surface area contributed by atoms with E-state index in [4.69, 9.17) is 10.5 Å². The summed E-state index contributed by atoms with van der Waals surface area (Å²) in [6.07, 6.45) is 5.18. The molecule has 1 saturated heterocycles. The first-order valence-corrected chi connectivity index (χ1v) is 13.8. The minimum Gasteiger partial charge on any atom is -0.504 e. The van der Waals surface area contributed by atoms with Gasteiger partial charge < -0.3 is 25.7 Å². The van der Waals surface area contributed by atoms with Gasteiger partial charge in [-0.3, -0.25) is 9.89 Å². The lowest BCUT2D eigenvalue weighted by molar-refractivity contribution is -0.173. The zero-order valence-electron chi connectivity index (χ0n) is 21.3. The van der Waals surface area contributed by atoms with Crippen molar-refractivity contribution >= 4 is 16.7 Å². The van der Waals surface area contributed by atoms with E-state index in [-0.39, 0.29) is 17.9 Å². The second kappa shape index (κ2) is 7.29. The number of hydrogen-bond donors (Lipinski definition) is 4. The Morgan fingerprint density at radius 3 is 2.95 bits per heavy atom. The van der Waals surface area contributed by atoms with Crippen LogP contribution in [0.1, 0.15) is 66.7 Å². The maximum atomic E-state index is 13.0. The summed E-state index contributed by atoms with van der Waals surface area (Å²) >= 11 is 0. The minimum absolute atomic E-state index is 0.0335. The lowest BCUT2D eigenvalue weighted by Crippen LogP contribution is -2.74. The van der Waals surface area contributed by atoms with Crippen molar-refractivity contribution in [2.75, 3.05) is 13.1 Å². The number of likely N-dealkylation sites (tertiary alicyclic amines) is 1. The van der Waals surface area contributed by atoms with Crippen LogP contribution in [0.15, 0.2) is 35.3 Å². The molecule has 3 heterocycles. The molecule has 1 aromatic heterocycles. The molecule has 2 fully saturated rings. The number of phenolic OH excluding ortho intramolecular Hbond substituents is 1. The summed E-state index contributed by atoms with van der Waals surface area (Å²) in [6, 6.07) is 10.3. The molecule has 7 nitrogen and oxygen atoms in total. The van der Waals surface area contributed by atoms with Gasteiger partial charge in [-0.15, -0.1) is 0 Å². The smallest absolute Gasteiger partial charge is 0.166 e. The van der Waals surface area contributed by atoms with Crippen LogP contribution >= 0.6 is 0 Å². The first kappa shape index (κ1) is 22.0. The zero-order valence-corrected chi connectivity index (χ0v) is 21.3. The number of nitrogens with one attached hydrogen (secondary N) is 1. The number of nitrogens with two attached hydrogens (primary N) is 1. The summed E-state index contributed by atoms with van der Waals surface area (Å²) in [7, 11) is 0. The van der Waals surface area contributed by atoms with Gasteiger partial charge in [-0.05, 0) is 73.0 Å². The molecule has 2 aliphatic heterocycles. The summed E-state index contributed by atoms with van der Waals surface area (Å²) < 4.78 is 6.68. The Bertz CT molecular complexity index is 1490. The third kappa shape index (κ3) is 2.76. The number of aromatic nitrogens is 1. The van der Waals surface area contributed by atoms with E-state index in [1.807, 2.05) is 6.92 Å². The molecule has 4 atom stereocenters. The number of H-pyrrole nitrogens is 1. The highest BCUT2D eigenvalue weighted by Gasteiger charge is 2.72. The van der Waals surface area contributed by atoms with Gasteiger partial charge in [0, 0.05) is 41.9 Å². The lowest BCUT2D eigenvalue weighted by Gasteiger charge is -2.62. The maximum absolute atomic E-state index is 13.0. The van der Waals surface area contributed by atoms with Crippen molar-refractivity contribution in [2.24, 2.45) is 16.6 Å². The van der Waals surface area contributed by atoms with Gasteiger partial charge in [0.2, 0.25) is 0 Å². The first-order valence-electron chi connectivity index (χ1n) is 13.8. The van der Waals surface area contributed by atoms with E-state index in [0.29, 0.717) is 24.6 Å². The van der Waals surface area contributed by atoms with Crippen molar-refractivity contribution < 1.29 is 14.9 Å². The Hall–Kier alpha value is -3.03. The van der Waals surface area contributed by atoms with Crippen molar-refractivity contribution in [3.63, 3.8) is 0 Å². The molecule has 1 saturated carbocycles. The van der Waals surface area contributed by atoms with Gasteiger partial charge in [0.15, 0.2) is 17.6 Å². The average molecular weight is 499 g/mol. The molecule has 37 heavy (non-hydrogen) atoms. The fourth-order valence-corrected chi connectivity index (χ4v) is 8.07. The molecule has 8 rings (SSSR count). The van der Waals surface area contributed by atoms with Crippen molar-refractivity contribution in [1.82, 2.24) is 9.88 Å². The summed E-state index contributed by atoms with van der Waals surface area (Å²) in [6.45, 7) is 4.58. The highest BCUT2D eigenvalue weighted by atomic mass is 16.5. The number of nitrogens with zero attached hydrogens (tertiary/aromatic N) is 2. The molecule has 192 valence electrons. The highest BCUT2D eigenvalue weighted by Crippen LogP contribution is 2.69. The molecule has 3 aliphatic carbocycles. The van der Waals surface area contributed by atoms with E-state index in [1.165, 1.54) is 18.4 Å². The fraction of sp³-hybridized carbons (Fsp3) is 0.500. The topological polar surface area (TPSA) is 107 Å². The number of piperidine rings is 1. The Labute approximate surface area is 216 Å². The number of benzene rings is 2. The van der Waals surface area contributed by atoms with Crippen LogP contribution in [-0.4, -0.2) is 50.7 Å². The highest BCUT2D eigenvalue weighted by molar-refractivity contribution is 5.87. The van der Waals surface area contributed by atoms with E-state index in [2.05, 4.69) is 39.1 Å². The predicted octanol–water partition coefficient (Wildman–Crippen LogP) is 3.84. The molecule has 0 radical (unpaired) electrons. The largest absolute Gasteiger partial charge is 0.504 e. The van der Waals surface area contributed by atoms with Gasteiger partial charge in [-0.25, -0.2) is 0 Å². The molecule has 3 aromatic rings. The summed E-state index contributed by atoms with van der Waals surface area (Å²) in [5.41, 5.74) is 11.1. The van der Waals surface area contributed by atoms with Crippen LogP contribution in [0.5, 0.6) is 11.5 Å². The second-order valence-corrected chi connectivity index (χ2v) is 12.0. The minimum atomic E-state index is -0.972. The van der Waals surface area contributed by atoms with Crippen molar-refractivity contribution in [3.8, 4) is 11.5 Å². The molecular formula is C30H34N4O3. The molecular weight excluding hydrogens is 464 g/mol. The summed E-state index contributed by atoms with van der Waals surface area (Å²) in [5, 5.41) is 24.9. The lowest BCUT2D eigenvalue weighted by atomic mass is 9.49. The van der Waals surface area contributed by atoms with Gasteiger partial charge in [0.1, 0.15) is 0 Å². The van der Waals surface area contributed by atoms with Gasteiger partial charge >= 0.3 is 0 Å². The van der Waals surface area contributed by atoms with Gasteiger partial charge in [-0.2, -0.15) is 0 Å². The van der Waals surface area contributed by atoms with Crippen molar-refractivity contribution in [3.05, 3.63) is 58.3 Å². The monoisotopic (exact) mass is 498 g/mol. The number of rotatable bonds is 5. The van der Waals surface area contributed by atoms with Crippen LogP contribution < -0.4 is 10.5 Å². The number of phenols is 1. The van der Waals surface area contributed by atoms with Crippen LogP contribution in [0.3, 0.4) is 0 Å². The number of ether oxygens (including phenoxy) is 1. The first-order chi connectivity index (χ1) is 17.9. The maximum Gasteiger partial charge on any atom is 0.166 e. The van der Waals surface area contributed by atoms with Crippen molar-refractivity contribution in [1.29, 1.82) is 0 Å². The Morgan fingerprint density at radius 2 is 2.14 bits per heavy atom. The van der Waals surface area contributed by atoms with E-state index in [0.717, 1.165) is 71.6 Å². The Balaban J connectivity index is 1.32. The number of aromatic amines is 1. The summed E-state index contributed by atoms with van der Waals surface area (Å²) in [4.78, 5) is 10.8. The number of hydrogen-bond acceptors (Lipinski definition) is 5. The zero-order chi connectivity index (χ0) is 25.1. The quantitative estimate of drug-likeness (QED) is 0.316. The van der Waals surface area contributed by atoms with E-state index in [1.54, 1.807) is 6.07 Å². The molecule has 5 aliphatic rings. The van der Waals surface area contributed by atoms with E-state index in [9.17, 15) is 10.2 Å². The second-order valence-electron chi connectivity index (χ2n) is 12.0. The van der Waals surface area contributed by atoms with Crippen LogP contribution in [0.4, 0.5) is 0 Å². The van der Waals surface area contributed by atoms with Gasteiger partial charge in [0.05, 0.1) is 29.1 Å².